The SMILES string of the molecule is Cc1cc(C)c(NCCC(=O)N2CCCc3ccccc32)c(C)c1. The molecular weight excluding hydrogens is 296 g/mol. The number of para-hydroxylation sites is 1. The van der Waals surface area contributed by atoms with Gasteiger partial charge in [0.2, 0.25) is 5.91 Å². The number of amides is 1. The largest absolute Gasteiger partial charge is 0.384 e. The molecule has 0 fully saturated rings. The second-order valence-corrected chi connectivity index (χ2v) is 6.73. The molecule has 3 heteroatoms. The van der Waals surface area contributed by atoms with Gasteiger partial charge in [-0.1, -0.05) is 35.9 Å². The summed E-state index contributed by atoms with van der Waals surface area (Å²) in [6.07, 6.45) is 2.63. The summed E-state index contributed by atoms with van der Waals surface area (Å²) in [5, 5.41) is 3.45. The number of hydrogen-bond acceptors (Lipinski definition) is 2. The molecule has 0 aromatic heterocycles. The standard InChI is InChI=1S/C21H26N2O/c1-15-13-16(2)21(17(3)14-15)22-11-10-20(24)23-12-6-8-18-7-4-5-9-19(18)23/h4-5,7,9,13-14,22H,6,8,10-12H2,1-3H3. The lowest BCUT2D eigenvalue weighted by molar-refractivity contribution is -0.118. The molecule has 2 aromatic rings. The van der Waals surface area contributed by atoms with Gasteiger partial charge in [-0.2, -0.15) is 0 Å². The van der Waals surface area contributed by atoms with Crippen molar-refractivity contribution in [3.63, 3.8) is 0 Å². The average Bonchev–Trinajstić information content (AvgIpc) is 2.56. The summed E-state index contributed by atoms with van der Waals surface area (Å²) in [4.78, 5) is 14.6. The first-order valence-electron chi connectivity index (χ1n) is 8.76. The third kappa shape index (κ3) is 3.45. The second kappa shape index (κ2) is 7.08. The van der Waals surface area contributed by atoms with Crippen LogP contribution < -0.4 is 10.2 Å². The van der Waals surface area contributed by atoms with E-state index in [9.17, 15) is 4.79 Å². The topological polar surface area (TPSA) is 32.3 Å². The van der Waals surface area contributed by atoms with Gasteiger partial charge in [-0.25, -0.2) is 0 Å². The molecule has 1 amide bonds. The van der Waals surface area contributed by atoms with Gasteiger partial charge < -0.3 is 10.2 Å². The highest BCUT2D eigenvalue weighted by Crippen LogP contribution is 2.27. The van der Waals surface area contributed by atoms with Crippen LogP contribution in [0.5, 0.6) is 0 Å². The Morgan fingerprint density at radius 3 is 2.58 bits per heavy atom. The van der Waals surface area contributed by atoms with Crippen molar-refractivity contribution >= 4 is 17.3 Å². The molecule has 0 bridgehead atoms. The molecule has 3 nitrogen and oxygen atoms in total. The number of hydrogen-bond donors (Lipinski definition) is 1. The number of carbonyl (C=O) groups is 1. The van der Waals surface area contributed by atoms with Crippen molar-refractivity contribution in [1.82, 2.24) is 0 Å². The van der Waals surface area contributed by atoms with E-state index in [0.29, 0.717) is 13.0 Å². The van der Waals surface area contributed by atoms with Crippen LogP contribution in [-0.4, -0.2) is 19.0 Å². The summed E-state index contributed by atoms with van der Waals surface area (Å²) in [5.74, 6) is 0.206. The van der Waals surface area contributed by atoms with E-state index < -0.39 is 0 Å². The van der Waals surface area contributed by atoms with E-state index in [0.717, 1.165) is 30.8 Å². The van der Waals surface area contributed by atoms with E-state index in [1.54, 1.807) is 0 Å². The zero-order valence-corrected chi connectivity index (χ0v) is 14.9. The van der Waals surface area contributed by atoms with E-state index in [-0.39, 0.29) is 5.91 Å². The Morgan fingerprint density at radius 2 is 1.83 bits per heavy atom. The van der Waals surface area contributed by atoms with Gasteiger partial charge in [0.05, 0.1) is 0 Å². The van der Waals surface area contributed by atoms with E-state index in [2.05, 4.69) is 56.4 Å². The van der Waals surface area contributed by atoms with E-state index >= 15 is 0 Å². The quantitative estimate of drug-likeness (QED) is 0.905. The lowest BCUT2D eigenvalue weighted by atomic mass is 10.0. The highest BCUT2D eigenvalue weighted by Gasteiger charge is 2.21. The maximum atomic E-state index is 12.7. The predicted octanol–water partition coefficient (Wildman–Crippen LogP) is 4.39. The Hall–Kier alpha value is -2.29. The van der Waals surface area contributed by atoms with Crippen LogP contribution in [0, 0.1) is 20.8 Å². The minimum atomic E-state index is 0.206. The highest BCUT2D eigenvalue weighted by atomic mass is 16.2. The molecule has 0 unspecified atom stereocenters. The maximum Gasteiger partial charge on any atom is 0.228 e. The molecule has 3 rings (SSSR count). The van der Waals surface area contributed by atoms with Crippen molar-refractivity contribution < 1.29 is 4.79 Å². The predicted molar refractivity (Wildman–Crippen MR) is 101 cm³/mol. The summed E-state index contributed by atoms with van der Waals surface area (Å²) < 4.78 is 0. The van der Waals surface area contributed by atoms with Crippen LogP contribution in [0.25, 0.3) is 0 Å². The van der Waals surface area contributed by atoms with Gasteiger partial charge in [0, 0.05) is 30.9 Å². The summed E-state index contributed by atoms with van der Waals surface area (Å²) in [7, 11) is 0. The lowest BCUT2D eigenvalue weighted by Gasteiger charge is -2.29. The van der Waals surface area contributed by atoms with Crippen molar-refractivity contribution in [2.45, 2.75) is 40.0 Å². The van der Waals surface area contributed by atoms with Gasteiger partial charge in [-0.15, -0.1) is 0 Å². The molecule has 0 saturated carbocycles. The molecule has 1 aliphatic heterocycles. The third-order valence-corrected chi connectivity index (χ3v) is 4.73. The number of carbonyl (C=O) groups excluding carboxylic acids is 1. The Labute approximate surface area is 144 Å². The van der Waals surface area contributed by atoms with Crippen molar-refractivity contribution in [3.8, 4) is 0 Å². The molecule has 2 aromatic carbocycles. The molecule has 0 saturated heterocycles. The zero-order chi connectivity index (χ0) is 17.1. The minimum absolute atomic E-state index is 0.206. The van der Waals surface area contributed by atoms with Crippen LogP contribution in [0.2, 0.25) is 0 Å². The highest BCUT2D eigenvalue weighted by molar-refractivity contribution is 5.94. The number of aryl methyl sites for hydroxylation is 4. The van der Waals surface area contributed by atoms with E-state index in [4.69, 9.17) is 0 Å². The third-order valence-electron chi connectivity index (χ3n) is 4.73. The first kappa shape index (κ1) is 16.6. The Balaban J connectivity index is 1.63. The molecule has 0 spiro atoms. The summed E-state index contributed by atoms with van der Waals surface area (Å²) in [6, 6.07) is 12.6. The van der Waals surface area contributed by atoms with Crippen LogP contribution in [0.1, 0.15) is 35.1 Å². The first-order chi connectivity index (χ1) is 11.6. The number of nitrogens with one attached hydrogen (secondary N) is 1. The second-order valence-electron chi connectivity index (χ2n) is 6.73. The Kier molecular flexibility index (Phi) is 4.89. The Bertz CT molecular complexity index is 728. The van der Waals surface area contributed by atoms with Crippen molar-refractivity contribution in [3.05, 3.63) is 58.7 Å². The Morgan fingerprint density at radius 1 is 1.12 bits per heavy atom. The van der Waals surface area contributed by atoms with Gasteiger partial charge in [0.1, 0.15) is 0 Å². The molecule has 0 radical (unpaired) electrons. The average molecular weight is 322 g/mol. The fraction of sp³-hybridized carbons (Fsp3) is 0.381. The van der Waals surface area contributed by atoms with Crippen LogP contribution in [0.4, 0.5) is 11.4 Å². The summed E-state index contributed by atoms with van der Waals surface area (Å²) >= 11 is 0. The molecule has 1 heterocycles. The smallest absolute Gasteiger partial charge is 0.228 e. The van der Waals surface area contributed by atoms with E-state index in [1.165, 1.54) is 22.3 Å². The number of nitrogens with zero attached hydrogens (tertiary/aromatic N) is 1. The zero-order valence-electron chi connectivity index (χ0n) is 14.9. The minimum Gasteiger partial charge on any atom is -0.384 e. The fourth-order valence-electron chi connectivity index (χ4n) is 3.68. The van der Waals surface area contributed by atoms with Gasteiger partial charge in [-0.05, 0) is 56.4 Å². The molecular formula is C21H26N2O. The van der Waals surface area contributed by atoms with Crippen LogP contribution in [-0.2, 0) is 11.2 Å². The van der Waals surface area contributed by atoms with Crippen LogP contribution in [0.3, 0.4) is 0 Å². The maximum absolute atomic E-state index is 12.7. The molecule has 1 N–H and O–H groups in total. The first-order valence-corrected chi connectivity index (χ1v) is 8.76. The molecule has 24 heavy (non-hydrogen) atoms. The molecule has 0 aliphatic carbocycles. The van der Waals surface area contributed by atoms with Crippen molar-refractivity contribution in [2.24, 2.45) is 0 Å². The number of benzene rings is 2. The van der Waals surface area contributed by atoms with Gasteiger partial charge in [-0.3, -0.25) is 4.79 Å². The molecule has 126 valence electrons. The van der Waals surface area contributed by atoms with Crippen LogP contribution >= 0.6 is 0 Å². The summed E-state index contributed by atoms with van der Waals surface area (Å²) in [6.45, 7) is 7.85. The fourth-order valence-corrected chi connectivity index (χ4v) is 3.68. The number of fused-ring (bicyclic) bond motifs is 1. The monoisotopic (exact) mass is 322 g/mol. The lowest BCUT2D eigenvalue weighted by Crippen LogP contribution is -2.36. The molecule has 1 aliphatic rings. The van der Waals surface area contributed by atoms with Crippen molar-refractivity contribution in [2.75, 3.05) is 23.3 Å². The summed E-state index contributed by atoms with van der Waals surface area (Å²) in [5.41, 5.74) is 7.29. The number of anilines is 2. The van der Waals surface area contributed by atoms with Crippen LogP contribution in [0.15, 0.2) is 36.4 Å². The van der Waals surface area contributed by atoms with Crippen molar-refractivity contribution in [1.29, 1.82) is 0 Å². The number of rotatable bonds is 4. The van der Waals surface area contributed by atoms with Gasteiger partial charge >= 0.3 is 0 Å². The normalized spacial score (nSPS) is 13.5. The van der Waals surface area contributed by atoms with Gasteiger partial charge in [0.15, 0.2) is 0 Å². The van der Waals surface area contributed by atoms with E-state index in [1.807, 2.05) is 11.0 Å². The van der Waals surface area contributed by atoms with Gasteiger partial charge in [0.25, 0.3) is 0 Å². The molecule has 0 atom stereocenters.